The Balaban J connectivity index is 1.73. The van der Waals surface area contributed by atoms with E-state index in [1.54, 1.807) is 18.2 Å². The molecule has 0 amide bonds. The first kappa shape index (κ1) is 13.1. The second-order valence-electron chi connectivity index (χ2n) is 3.53. The summed E-state index contributed by atoms with van der Waals surface area (Å²) >= 11 is 0.550. The second-order valence-corrected chi connectivity index (χ2v) is 4.51. The Morgan fingerprint density at radius 2 is 2.06 bits per heavy atom. The van der Waals surface area contributed by atoms with Crippen LogP contribution in [0.5, 0.6) is 0 Å². The quantitative estimate of drug-likeness (QED) is 0.841. The van der Waals surface area contributed by atoms with Crippen LogP contribution in [0, 0.1) is 0 Å². The summed E-state index contributed by atoms with van der Waals surface area (Å²) in [6.07, 6.45) is 1.50. The Morgan fingerprint density at radius 3 is 2.78 bits per heavy atom. The summed E-state index contributed by atoms with van der Waals surface area (Å²) in [7, 11) is 0. The lowest BCUT2D eigenvalue weighted by Crippen LogP contribution is -2.12. The zero-order valence-corrected chi connectivity index (χ0v) is 10.3. The summed E-state index contributed by atoms with van der Waals surface area (Å²) in [5.41, 5.74) is 0.801. The van der Waals surface area contributed by atoms with Gasteiger partial charge in [-0.3, -0.25) is 0 Å². The number of nitrogens with one attached hydrogen (secondary N) is 1. The maximum Gasteiger partial charge on any atom is 0.284 e. The zero-order chi connectivity index (χ0) is 12.8. The van der Waals surface area contributed by atoms with E-state index in [9.17, 15) is 8.78 Å². The van der Waals surface area contributed by atoms with Crippen molar-refractivity contribution in [1.82, 2.24) is 10.5 Å². The molecule has 0 bridgehead atoms. The standard InChI is InChI=1S/C11H12F2N2O2S/c12-11(13)18-7-10-2-1-9(17-10)6-14-5-8-3-4-16-15-8/h1-4,11,14H,5-7H2. The average molecular weight is 274 g/mol. The molecule has 0 aromatic carbocycles. The van der Waals surface area contributed by atoms with Gasteiger partial charge in [0.1, 0.15) is 17.8 Å². The molecule has 0 aliphatic heterocycles. The van der Waals surface area contributed by atoms with Crippen molar-refractivity contribution in [2.75, 3.05) is 0 Å². The molecule has 0 spiro atoms. The molecule has 2 heterocycles. The first-order chi connectivity index (χ1) is 8.74. The van der Waals surface area contributed by atoms with Crippen molar-refractivity contribution in [2.24, 2.45) is 0 Å². The van der Waals surface area contributed by atoms with Crippen molar-refractivity contribution in [3.8, 4) is 0 Å². The molecule has 1 N–H and O–H groups in total. The minimum Gasteiger partial charge on any atom is -0.464 e. The third-order valence-electron chi connectivity index (χ3n) is 2.17. The van der Waals surface area contributed by atoms with Gasteiger partial charge in [-0.15, -0.1) is 0 Å². The SMILES string of the molecule is FC(F)SCc1ccc(CNCc2ccon2)o1. The maximum absolute atomic E-state index is 12.0. The normalized spacial score (nSPS) is 11.3. The van der Waals surface area contributed by atoms with Gasteiger partial charge >= 0.3 is 0 Å². The van der Waals surface area contributed by atoms with E-state index < -0.39 is 5.76 Å². The van der Waals surface area contributed by atoms with Gasteiger partial charge in [0.2, 0.25) is 0 Å². The summed E-state index contributed by atoms with van der Waals surface area (Å²) in [5.74, 6) is -0.924. The number of hydrogen-bond acceptors (Lipinski definition) is 5. The lowest BCUT2D eigenvalue weighted by molar-refractivity contribution is 0.251. The first-order valence-electron chi connectivity index (χ1n) is 5.31. The van der Waals surface area contributed by atoms with Crippen LogP contribution in [0.2, 0.25) is 0 Å². The number of halogens is 2. The topological polar surface area (TPSA) is 51.2 Å². The van der Waals surface area contributed by atoms with Gasteiger partial charge in [0.15, 0.2) is 0 Å². The molecular weight excluding hydrogens is 262 g/mol. The van der Waals surface area contributed by atoms with Crippen LogP contribution in [0.3, 0.4) is 0 Å². The third-order valence-corrected chi connectivity index (χ3v) is 2.87. The first-order valence-corrected chi connectivity index (χ1v) is 6.36. The Kier molecular flexibility index (Phi) is 4.77. The van der Waals surface area contributed by atoms with Gasteiger partial charge in [-0.2, -0.15) is 8.78 Å². The van der Waals surface area contributed by atoms with Gasteiger partial charge in [0, 0.05) is 12.6 Å². The molecule has 18 heavy (non-hydrogen) atoms. The summed E-state index contributed by atoms with van der Waals surface area (Å²) < 4.78 is 34.0. The zero-order valence-electron chi connectivity index (χ0n) is 9.44. The Morgan fingerprint density at radius 1 is 1.22 bits per heavy atom. The molecule has 0 aliphatic carbocycles. The van der Waals surface area contributed by atoms with Crippen molar-refractivity contribution in [3.05, 3.63) is 41.7 Å². The van der Waals surface area contributed by atoms with E-state index in [2.05, 4.69) is 15.0 Å². The summed E-state index contributed by atoms with van der Waals surface area (Å²) in [6, 6.07) is 5.25. The Labute approximate surface area is 107 Å². The average Bonchev–Trinajstić information content (AvgIpc) is 2.97. The molecule has 0 aliphatic rings. The fourth-order valence-corrected chi connectivity index (χ4v) is 1.83. The molecule has 2 aromatic heterocycles. The largest absolute Gasteiger partial charge is 0.464 e. The molecular formula is C11H12F2N2O2S. The number of furan rings is 1. The summed E-state index contributed by atoms with van der Waals surface area (Å²) in [5, 5.41) is 6.86. The Hall–Kier alpha value is -1.34. The maximum atomic E-state index is 12.0. The summed E-state index contributed by atoms with van der Waals surface area (Å²) in [6.45, 7) is 1.09. The lowest BCUT2D eigenvalue weighted by Gasteiger charge is -1.99. The minimum absolute atomic E-state index is 0.182. The molecule has 0 radical (unpaired) electrons. The van der Waals surface area contributed by atoms with Gasteiger partial charge in [0.25, 0.3) is 5.76 Å². The monoisotopic (exact) mass is 274 g/mol. The van der Waals surface area contributed by atoms with Crippen LogP contribution in [-0.4, -0.2) is 10.9 Å². The Bertz CT molecular complexity index is 459. The smallest absolute Gasteiger partial charge is 0.284 e. The molecule has 2 rings (SSSR count). The number of nitrogens with zero attached hydrogens (tertiary/aromatic N) is 1. The molecule has 2 aromatic rings. The highest BCUT2D eigenvalue weighted by atomic mass is 32.2. The predicted molar refractivity (Wildman–Crippen MR) is 63.1 cm³/mol. The highest BCUT2D eigenvalue weighted by Gasteiger charge is 2.07. The molecule has 0 saturated carbocycles. The second kappa shape index (κ2) is 6.55. The van der Waals surface area contributed by atoms with Crippen LogP contribution in [0.25, 0.3) is 0 Å². The van der Waals surface area contributed by atoms with Gasteiger partial charge in [0.05, 0.1) is 18.0 Å². The van der Waals surface area contributed by atoms with Crippen molar-refractivity contribution >= 4 is 11.8 Å². The van der Waals surface area contributed by atoms with E-state index in [-0.39, 0.29) is 5.75 Å². The van der Waals surface area contributed by atoms with E-state index in [0.29, 0.717) is 36.4 Å². The molecule has 98 valence electrons. The van der Waals surface area contributed by atoms with Crippen LogP contribution in [-0.2, 0) is 18.8 Å². The van der Waals surface area contributed by atoms with Crippen LogP contribution in [0.4, 0.5) is 8.78 Å². The molecule has 4 nitrogen and oxygen atoms in total. The lowest BCUT2D eigenvalue weighted by atomic mass is 10.4. The van der Waals surface area contributed by atoms with Crippen molar-refractivity contribution in [2.45, 2.75) is 24.6 Å². The number of rotatable bonds is 7. The minimum atomic E-state index is -2.37. The van der Waals surface area contributed by atoms with Crippen LogP contribution < -0.4 is 5.32 Å². The highest BCUT2D eigenvalue weighted by molar-refractivity contribution is 7.98. The fraction of sp³-hybridized carbons (Fsp3) is 0.364. The number of thioether (sulfide) groups is 1. The van der Waals surface area contributed by atoms with Crippen molar-refractivity contribution in [1.29, 1.82) is 0 Å². The third kappa shape index (κ3) is 4.15. The van der Waals surface area contributed by atoms with Gasteiger partial charge in [-0.05, 0) is 12.1 Å². The number of hydrogen-bond donors (Lipinski definition) is 1. The van der Waals surface area contributed by atoms with Gasteiger partial charge < -0.3 is 14.3 Å². The van der Waals surface area contributed by atoms with Crippen LogP contribution in [0.15, 0.2) is 33.4 Å². The van der Waals surface area contributed by atoms with Gasteiger partial charge in [-0.25, -0.2) is 0 Å². The van der Waals surface area contributed by atoms with Crippen molar-refractivity contribution < 1.29 is 17.7 Å². The summed E-state index contributed by atoms with van der Waals surface area (Å²) in [4.78, 5) is 0. The fourth-order valence-electron chi connectivity index (χ4n) is 1.38. The van der Waals surface area contributed by atoms with Gasteiger partial charge in [-0.1, -0.05) is 16.9 Å². The van der Waals surface area contributed by atoms with Crippen LogP contribution >= 0.6 is 11.8 Å². The van der Waals surface area contributed by atoms with E-state index in [1.165, 1.54) is 6.26 Å². The predicted octanol–water partition coefficient (Wildman–Crippen LogP) is 3.01. The molecule has 0 unspecified atom stereocenters. The van der Waals surface area contributed by atoms with Crippen LogP contribution in [0.1, 0.15) is 17.2 Å². The van der Waals surface area contributed by atoms with E-state index in [0.717, 1.165) is 5.69 Å². The molecule has 7 heteroatoms. The molecule has 0 fully saturated rings. The molecule has 0 saturated heterocycles. The van der Waals surface area contributed by atoms with E-state index >= 15 is 0 Å². The highest BCUT2D eigenvalue weighted by Crippen LogP contribution is 2.21. The van der Waals surface area contributed by atoms with E-state index in [1.807, 2.05) is 0 Å². The van der Waals surface area contributed by atoms with Crippen molar-refractivity contribution in [3.63, 3.8) is 0 Å². The number of aromatic nitrogens is 1. The molecule has 0 atom stereocenters. The van der Waals surface area contributed by atoms with E-state index in [4.69, 9.17) is 4.42 Å². The number of alkyl halides is 2.